The lowest BCUT2D eigenvalue weighted by Crippen LogP contribution is -2.41. The third-order valence-electron chi connectivity index (χ3n) is 4.27. The fraction of sp³-hybridized carbons (Fsp3) is 0.167. The van der Waals surface area contributed by atoms with Gasteiger partial charge in [-0.3, -0.25) is 0 Å². The minimum atomic E-state index is -3.64. The van der Waals surface area contributed by atoms with Gasteiger partial charge in [0.15, 0.2) is 0 Å². The highest BCUT2D eigenvalue weighted by Gasteiger charge is 2.27. The van der Waals surface area contributed by atoms with Crippen LogP contribution in [0, 0.1) is 0 Å². The van der Waals surface area contributed by atoms with Crippen molar-refractivity contribution < 1.29 is 8.42 Å². The number of rotatable bonds is 1. The molecule has 2 aromatic carbocycles. The second-order valence-corrected chi connectivity index (χ2v) is 7.38. The van der Waals surface area contributed by atoms with Gasteiger partial charge in [0, 0.05) is 13.1 Å². The second-order valence-electron chi connectivity index (χ2n) is 5.80. The first kappa shape index (κ1) is 15.0. The first-order chi connectivity index (χ1) is 11.6. The van der Waals surface area contributed by atoms with E-state index in [4.69, 9.17) is 0 Å². The van der Waals surface area contributed by atoms with Crippen LogP contribution in [0.2, 0.25) is 0 Å². The Morgan fingerprint density at radius 1 is 1.00 bits per heavy atom. The molecule has 0 unspecified atom stereocenters. The van der Waals surface area contributed by atoms with Crippen LogP contribution in [0.4, 0.5) is 5.69 Å². The van der Waals surface area contributed by atoms with Gasteiger partial charge in [0.05, 0.1) is 5.69 Å². The number of guanidine groups is 1. The Morgan fingerprint density at radius 2 is 1.75 bits per heavy atom. The zero-order chi connectivity index (χ0) is 16.6. The molecule has 0 aliphatic carbocycles. The molecule has 0 aromatic heterocycles. The van der Waals surface area contributed by atoms with Gasteiger partial charge in [-0.25, -0.2) is 0 Å². The normalized spacial score (nSPS) is 18.9. The summed E-state index contributed by atoms with van der Waals surface area (Å²) in [5.41, 5.74) is 3.08. The van der Waals surface area contributed by atoms with Crippen molar-refractivity contribution in [1.29, 1.82) is 0 Å². The molecule has 2 heterocycles. The Kier molecular flexibility index (Phi) is 3.61. The summed E-state index contributed by atoms with van der Waals surface area (Å²) in [6.45, 7) is 1.36. The average Bonchev–Trinajstić information content (AvgIpc) is 2.62. The highest BCUT2D eigenvalue weighted by molar-refractivity contribution is 7.90. The fourth-order valence-electron chi connectivity index (χ4n) is 3.01. The fourth-order valence-corrected chi connectivity index (χ4v) is 4.15. The van der Waals surface area contributed by atoms with Gasteiger partial charge >= 0.3 is 0 Å². The predicted octanol–water partition coefficient (Wildman–Crippen LogP) is 2.95. The van der Waals surface area contributed by atoms with Gasteiger partial charge in [-0.1, -0.05) is 48.5 Å². The summed E-state index contributed by atoms with van der Waals surface area (Å²) in [5.74, 6) is 0.400. The van der Waals surface area contributed by atoms with E-state index >= 15 is 0 Å². The van der Waals surface area contributed by atoms with Crippen molar-refractivity contribution in [2.75, 3.05) is 18.4 Å². The highest BCUT2D eigenvalue weighted by atomic mass is 32.2. The Labute approximate surface area is 141 Å². The number of anilines is 1. The molecule has 122 valence electrons. The van der Waals surface area contributed by atoms with E-state index in [2.05, 4.69) is 27.9 Å². The summed E-state index contributed by atoms with van der Waals surface area (Å²) < 4.78 is 28.6. The zero-order valence-corrected chi connectivity index (χ0v) is 13.8. The SMILES string of the molecule is O=S1(=O)N=C(N2CC=C(c3ccccc3)CC2)Nc2ccccc21. The number of hydrogen-bond donors (Lipinski definition) is 1. The minimum absolute atomic E-state index is 0.228. The summed E-state index contributed by atoms with van der Waals surface area (Å²) >= 11 is 0. The van der Waals surface area contributed by atoms with Gasteiger partial charge in [0.1, 0.15) is 4.90 Å². The largest absolute Gasteiger partial charge is 0.338 e. The number of sulfonamides is 1. The van der Waals surface area contributed by atoms with Crippen LogP contribution in [0.15, 0.2) is 70.0 Å². The molecule has 0 radical (unpaired) electrons. The van der Waals surface area contributed by atoms with Gasteiger partial charge in [0.25, 0.3) is 10.0 Å². The maximum Gasteiger partial charge on any atom is 0.287 e. The van der Waals surface area contributed by atoms with Crippen LogP contribution in [0.5, 0.6) is 0 Å². The molecule has 0 spiro atoms. The van der Waals surface area contributed by atoms with Crippen molar-refractivity contribution in [2.24, 2.45) is 4.40 Å². The molecule has 5 nitrogen and oxygen atoms in total. The Morgan fingerprint density at radius 3 is 2.50 bits per heavy atom. The monoisotopic (exact) mass is 339 g/mol. The number of fused-ring (bicyclic) bond motifs is 1. The molecule has 24 heavy (non-hydrogen) atoms. The minimum Gasteiger partial charge on any atom is -0.338 e. The van der Waals surface area contributed by atoms with Crippen LogP contribution < -0.4 is 5.32 Å². The third-order valence-corrected chi connectivity index (χ3v) is 5.60. The van der Waals surface area contributed by atoms with E-state index in [1.54, 1.807) is 18.2 Å². The van der Waals surface area contributed by atoms with E-state index in [0.717, 1.165) is 13.0 Å². The molecule has 0 saturated carbocycles. The maximum atomic E-state index is 12.3. The van der Waals surface area contributed by atoms with Crippen molar-refractivity contribution in [3.05, 3.63) is 66.2 Å². The van der Waals surface area contributed by atoms with Crippen LogP contribution in [0.1, 0.15) is 12.0 Å². The number of hydrogen-bond acceptors (Lipinski definition) is 4. The van der Waals surface area contributed by atoms with E-state index in [1.807, 2.05) is 29.2 Å². The molecule has 1 N–H and O–H groups in total. The topological polar surface area (TPSA) is 61.8 Å². The molecule has 0 saturated heterocycles. The number of nitrogens with zero attached hydrogens (tertiary/aromatic N) is 2. The van der Waals surface area contributed by atoms with Crippen molar-refractivity contribution >= 4 is 27.2 Å². The van der Waals surface area contributed by atoms with E-state index in [0.29, 0.717) is 18.2 Å². The molecular formula is C18H17N3O2S. The van der Waals surface area contributed by atoms with E-state index in [-0.39, 0.29) is 4.90 Å². The molecule has 2 aromatic rings. The van der Waals surface area contributed by atoms with Crippen molar-refractivity contribution in [1.82, 2.24) is 4.90 Å². The first-order valence-electron chi connectivity index (χ1n) is 7.84. The van der Waals surface area contributed by atoms with Crippen molar-refractivity contribution in [2.45, 2.75) is 11.3 Å². The van der Waals surface area contributed by atoms with Gasteiger partial charge < -0.3 is 10.2 Å². The van der Waals surface area contributed by atoms with Crippen LogP contribution in [-0.2, 0) is 10.0 Å². The molecule has 4 rings (SSSR count). The molecule has 6 heteroatoms. The van der Waals surface area contributed by atoms with Crippen LogP contribution in [0.25, 0.3) is 5.57 Å². The van der Waals surface area contributed by atoms with Crippen LogP contribution in [0.3, 0.4) is 0 Å². The van der Waals surface area contributed by atoms with Gasteiger partial charge in [-0.05, 0) is 29.7 Å². The Hall–Kier alpha value is -2.60. The molecule has 2 aliphatic heterocycles. The van der Waals surface area contributed by atoms with Gasteiger partial charge in [0.2, 0.25) is 5.96 Å². The van der Waals surface area contributed by atoms with Gasteiger partial charge in [-0.2, -0.15) is 8.42 Å². The standard InChI is InChI=1S/C18H17N3O2S/c22-24(23)17-9-5-4-8-16(17)19-18(20-24)21-12-10-15(11-13-21)14-6-2-1-3-7-14/h1-10H,11-13H2,(H,19,20). The lowest BCUT2D eigenvalue weighted by Gasteiger charge is -2.31. The van der Waals surface area contributed by atoms with E-state index in [1.165, 1.54) is 11.1 Å². The van der Waals surface area contributed by atoms with E-state index < -0.39 is 10.0 Å². The lowest BCUT2D eigenvalue weighted by atomic mass is 10.00. The number of nitrogens with one attached hydrogen (secondary N) is 1. The second kappa shape index (κ2) is 5.79. The summed E-state index contributed by atoms with van der Waals surface area (Å²) in [4.78, 5) is 2.19. The number of para-hydroxylation sites is 1. The zero-order valence-electron chi connectivity index (χ0n) is 13.0. The molecule has 2 aliphatic rings. The summed E-state index contributed by atoms with van der Waals surface area (Å²) in [6.07, 6.45) is 2.99. The third kappa shape index (κ3) is 2.69. The highest BCUT2D eigenvalue weighted by Crippen LogP contribution is 2.29. The Balaban J connectivity index is 1.59. The van der Waals surface area contributed by atoms with E-state index in [9.17, 15) is 8.42 Å². The number of benzene rings is 2. The van der Waals surface area contributed by atoms with Crippen molar-refractivity contribution in [3.8, 4) is 0 Å². The quantitative estimate of drug-likeness (QED) is 0.868. The van der Waals surface area contributed by atoms with Crippen molar-refractivity contribution in [3.63, 3.8) is 0 Å². The average molecular weight is 339 g/mol. The molecule has 0 fully saturated rings. The van der Waals surface area contributed by atoms with Crippen LogP contribution in [-0.4, -0.2) is 32.4 Å². The Bertz CT molecular complexity index is 934. The molecular weight excluding hydrogens is 322 g/mol. The van der Waals surface area contributed by atoms with Crippen LogP contribution >= 0.6 is 0 Å². The molecule has 0 amide bonds. The lowest BCUT2D eigenvalue weighted by molar-refractivity contribution is 0.458. The predicted molar refractivity (Wildman–Crippen MR) is 95.3 cm³/mol. The summed E-state index contributed by atoms with van der Waals surface area (Å²) in [5, 5.41) is 3.14. The molecule has 0 atom stereocenters. The first-order valence-corrected chi connectivity index (χ1v) is 9.28. The molecule has 0 bridgehead atoms. The summed E-state index contributed by atoms with van der Waals surface area (Å²) in [7, 11) is -3.64. The summed E-state index contributed by atoms with van der Waals surface area (Å²) in [6, 6.07) is 17.1. The maximum absolute atomic E-state index is 12.3. The van der Waals surface area contributed by atoms with Gasteiger partial charge in [-0.15, -0.1) is 4.40 Å². The smallest absolute Gasteiger partial charge is 0.287 e.